The Hall–Kier alpha value is -4.82. The Balaban J connectivity index is 0.000000203. The SMILES string of the molecule is FC(F)(F)c1cc(-c2cccc(-c3cc(C(F)(F)F)n[n-]3)n2)[n-]n1.Fc1cc(F)c(-c2ccccn2)[c-]c1-c1ccccn1.[Ir+3]. The van der Waals surface area contributed by atoms with Crippen LogP contribution in [0.15, 0.2) is 85.2 Å². The Morgan fingerprint density at radius 3 is 1.33 bits per heavy atom. The minimum Gasteiger partial charge on any atom is -0.573 e. The van der Waals surface area contributed by atoms with Crippen molar-refractivity contribution in [3.05, 3.63) is 114 Å². The maximum absolute atomic E-state index is 13.9. The Morgan fingerprint density at radius 1 is 0.556 bits per heavy atom. The van der Waals surface area contributed by atoms with E-state index in [0.717, 1.165) is 6.07 Å². The predicted octanol–water partition coefficient (Wildman–Crippen LogP) is 7.04. The van der Waals surface area contributed by atoms with Crippen LogP contribution in [0.25, 0.3) is 45.3 Å². The van der Waals surface area contributed by atoms with Crippen molar-refractivity contribution in [3.8, 4) is 45.3 Å². The number of halogens is 8. The van der Waals surface area contributed by atoms with Gasteiger partial charge in [0.15, 0.2) is 0 Å². The molecule has 0 saturated carbocycles. The summed E-state index contributed by atoms with van der Waals surface area (Å²) in [6, 6.07) is 19.3. The number of alkyl halides is 6. The average molecular weight is 805 g/mol. The monoisotopic (exact) mass is 805 g/mol. The summed E-state index contributed by atoms with van der Waals surface area (Å²) in [6.07, 6.45) is -6.21. The molecule has 6 aromatic rings. The van der Waals surface area contributed by atoms with E-state index in [0.29, 0.717) is 23.5 Å². The van der Waals surface area contributed by atoms with E-state index in [1.165, 1.54) is 18.2 Å². The van der Waals surface area contributed by atoms with E-state index in [2.05, 4.69) is 41.4 Å². The summed E-state index contributed by atoms with van der Waals surface area (Å²) in [6.45, 7) is 0. The Labute approximate surface area is 262 Å². The van der Waals surface area contributed by atoms with Crippen LogP contribution in [0, 0.1) is 17.7 Å². The van der Waals surface area contributed by atoms with Gasteiger partial charge in [0.1, 0.15) is 11.4 Å². The van der Waals surface area contributed by atoms with Gasteiger partial charge in [-0.1, -0.05) is 58.9 Å². The summed E-state index contributed by atoms with van der Waals surface area (Å²) >= 11 is 0. The topological polar surface area (TPSA) is 92.7 Å². The number of rotatable bonds is 4. The second-order valence-electron chi connectivity index (χ2n) is 8.78. The number of hydrogen-bond donors (Lipinski definition) is 0. The van der Waals surface area contributed by atoms with E-state index < -0.39 is 35.4 Å². The van der Waals surface area contributed by atoms with Crippen molar-refractivity contribution in [2.75, 3.05) is 0 Å². The molecule has 0 aliphatic carbocycles. The molecule has 0 bridgehead atoms. The molecule has 0 unspecified atom stereocenters. The molecule has 0 amide bonds. The maximum Gasteiger partial charge on any atom is 3.00 e. The van der Waals surface area contributed by atoms with Crippen LogP contribution >= 0.6 is 0 Å². The molecule has 0 aliphatic heterocycles. The first-order chi connectivity index (χ1) is 20.9. The van der Waals surface area contributed by atoms with E-state index >= 15 is 0 Å². The zero-order chi connectivity index (χ0) is 31.5. The van der Waals surface area contributed by atoms with Crippen LogP contribution < -0.4 is 10.2 Å². The largest absolute Gasteiger partial charge is 3.00 e. The van der Waals surface area contributed by atoms with Gasteiger partial charge >= 0.3 is 32.5 Å². The first-order valence-electron chi connectivity index (χ1n) is 12.3. The molecular formula is C29H14F8IrN7. The van der Waals surface area contributed by atoms with Crippen LogP contribution in [-0.4, -0.2) is 25.1 Å². The van der Waals surface area contributed by atoms with Crippen LogP contribution in [0.3, 0.4) is 0 Å². The summed E-state index contributed by atoms with van der Waals surface area (Å²) in [5, 5.41) is 12.8. The minimum absolute atomic E-state index is 0. The molecule has 6 rings (SSSR count). The zero-order valence-electron chi connectivity index (χ0n) is 22.1. The summed E-state index contributed by atoms with van der Waals surface area (Å²) in [5.74, 6) is -1.39. The fraction of sp³-hybridized carbons (Fsp3) is 0.0690. The van der Waals surface area contributed by atoms with Crippen molar-refractivity contribution < 1.29 is 55.2 Å². The molecule has 0 atom stereocenters. The molecule has 1 aromatic carbocycles. The molecule has 16 heteroatoms. The third-order valence-electron chi connectivity index (χ3n) is 5.76. The van der Waals surface area contributed by atoms with Gasteiger partial charge in [0.2, 0.25) is 0 Å². The Morgan fingerprint density at radius 2 is 0.978 bits per heavy atom. The summed E-state index contributed by atoms with van der Waals surface area (Å²) < 4.78 is 103. The fourth-order valence-corrected chi connectivity index (χ4v) is 3.73. The van der Waals surface area contributed by atoms with Crippen molar-refractivity contribution in [1.82, 2.24) is 35.3 Å². The molecule has 0 radical (unpaired) electrons. The van der Waals surface area contributed by atoms with Gasteiger partial charge in [-0.2, -0.15) is 26.3 Å². The van der Waals surface area contributed by atoms with Gasteiger partial charge in [-0.05, 0) is 36.4 Å². The quantitative estimate of drug-likeness (QED) is 0.140. The van der Waals surface area contributed by atoms with Crippen molar-refractivity contribution >= 4 is 0 Å². The molecule has 0 spiro atoms. The zero-order valence-corrected chi connectivity index (χ0v) is 24.5. The average Bonchev–Trinajstić information content (AvgIpc) is 3.70. The van der Waals surface area contributed by atoms with Crippen LogP contribution in [0.4, 0.5) is 35.1 Å². The number of aromatic nitrogens is 7. The second kappa shape index (κ2) is 13.4. The van der Waals surface area contributed by atoms with Gasteiger partial charge in [-0.15, -0.1) is 6.07 Å². The van der Waals surface area contributed by atoms with Crippen molar-refractivity contribution in [1.29, 1.82) is 0 Å². The second-order valence-corrected chi connectivity index (χ2v) is 8.78. The first kappa shape index (κ1) is 33.1. The van der Waals surface area contributed by atoms with Gasteiger partial charge in [0, 0.05) is 23.8 Å². The molecule has 5 aromatic heterocycles. The van der Waals surface area contributed by atoms with Gasteiger partial charge in [-0.3, -0.25) is 23.7 Å². The standard InChI is InChI=1S/C16H9F2N2.C13H5F6N5.Ir/c17-13-10-14(18)12(16-6-2-4-8-20-16)9-11(13)15-5-1-3-7-19-15;14-12(15,16)10-4-8(21-23-10)6-2-1-3-7(20-6)9-5-11(24-22-9)13(17,18)19;/h1-8,10H;1-5H;/q-1;-2;+3. The third-order valence-corrected chi connectivity index (χ3v) is 5.76. The number of nitrogens with zero attached hydrogens (tertiary/aromatic N) is 7. The summed E-state index contributed by atoms with van der Waals surface area (Å²) in [7, 11) is 0. The van der Waals surface area contributed by atoms with Crippen molar-refractivity contribution in [2.45, 2.75) is 12.4 Å². The number of hydrogen-bond acceptors (Lipinski definition) is 5. The van der Waals surface area contributed by atoms with Crippen molar-refractivity contribution in [3.63, 3.8) is 0 Å². The normalized spacial score (nSPS) is 11.4. The third kappa shape index (κ3) is 7.83. The molecule has 0 fully saturated rings. The summed E-state index contributed by atoms with van der Waals surface area (Å²) in [4.78, 5) is 12.1. The number of benzene rings is 1. The summed E-state index contributed by atoms with van der Waals surface area (Å²) in [5.41, 5.74) is -1.56. The van der Waals surface area contributed by atoms with Gasteiger partial charge in [0.25, 0.3) is 0 Å². The van der Waals surface area contributed by atoms with Crippen LogP contribution in [0.5, 0.6) is 0 Å². The van der Waals surface area contributed by atoms with Crippen LogP contribution in [0.2, 0.25) is 0 Å². The van der Waals surface area contributed by atoms with Crippen LogP contribution in [-0.2, 0) is 32.5 Å². The first-order valence-corrected chi connectivity index (χ1v) is 12.3. The molecule has 0 saturated heterocycles. The van der Waals surface area contributed by atoms with Gasteiger partial charge < -0.3 is 20.4 Å². The van der Waals surface area contributed by atoms with E-state index in [-0.39, 0.29) is 54.0 Å². The van der Waals surface area contributed by atoms with E-state index in [4.69, 9.17) is 0 Å². The van der Waals surface area contributed by atoms with Gasteiger partial charge in [0.05, 0.1) is 23.0 Å². The van der Waals surface area contributed by atoms with Crippen LogP contribution in [0.1, 0.15) is 11.4 Å². The molecule has 5 heterocycles. The Kier molecular flexibility index (Phi) is 9.88. The smallest absolute Gasteiger partial charge is 0.573 e. The molecule has 45 heavy (non-hydrogen) atoms. The Bertz CT molecular complexity index is 1740. The number of pyridine rings is 3. The fourth-order valence-electron chi connectivity index (χ4n) is 3.73. The maximum atomic E-state index is 13.9. The predicted molar refractivity (Wildman–Crippen MR) is 139 cm³/mol. The van der Waals surface area contributed by atoms with Crippen molar-refractivity contribution in [2.24, 2.45) is 0 Å². The van der Waals surface area contributed by atoms with E-state index in [1.54, 1.807) is 48.8 Å². The molecule has 0 N–H and O–H groups in total. The molecule has 230 valence electrons. The minimum atomic E-state index is -4.65. The van der Waals surface area contributed by atoms with E-state index in [9.17, 15) is 35.1 Å². The molecule has 0 aliphatic rings. The van der Waals surface area contributed by atoms with E-state index in [1.807, 2.05) is 0 Å². The molecule has 7 nitrogen and oxygen atoms in total. The molecular weight excluding hydrogens is 791 g/mol. The van der Waals surface area contributed by atoms with Gasteiger partial charge in [-0.25, -0.2) is 0 Å².